The number of hydrogen-bond donors (Lipinski definition) is 1. The number of alkyl halides is 1. The van der Waals surface area contributed by atoms with E-state index < -0.39 is 5.67 Å². The van der Waals surface area contributed by atoms with Gasteiger partial charge in [-0.15, -0.1) is 24.0 Å². The maximum absolute atomic E-state index is 14.8. The zero-order valence-corrected chi connectivity index (χ0v) is 16.1. The van der Waals surface area contributed by atoms with Gasteiger partial charge in [-0.2, -0.15) is 0 Å². The predicted octanol–water partition coefficient (Wildman–Crippen LogP) is 3.32. The molecule has 2 fully saturated rings. The van der Waals surface area contributed by atoms with E-state index in [-0.39, 0.29) is 36.1 Å². The monoisotopic (exact) mass is 453 g/mol. The fourth-order valence-corrected chi connectivity index (χ4v) is 3.27. The number of benzene rings is 1. The van der Waals surface area contributed by atoms with Crippen LogP contribution in [-0.4, -0.2) is 42.7 Å². The number of nitrogens with zero attached hydrogens (tertiary/aromatic N) is 2. The van der Waals surface area contributed by atoms with Gasteiger partial charge in [-0.25, -0.2) is 9.38 Å². The molecule has 1 saturated carbocycles. The molecule has 1 unspecified atom stereocenters. The molecular formula is C16H22ClFIN3O. The molecule has 1 atom stereocenters. The van der Waals surface area contributed by atoms with Gasteiger partial charge in [0.1, 0.15) is 5.67 Å². The van der Waals surface area contributed by atoms with E-state index in [1.807, 2.05) is 11.8 Å². The van der Waals surface area contributed by atoms with Crippen molar-refractivity contribution in [3.8, 4) is 0 Å². The van der Waals surface area contributed by atoms with Gasteiger partial charge in [-0.3, -0.25) is 0 Å². The third-order valence-corrected chi connectivity index (χ3v) is 4.58. The molecule has 4 nitrogen and oxygen atoms in total. The van der Waals surface area contributed by atoms with Crippen molar-refractivity contribution in [3.63, 3.8) is 0 Å². The highest BCUT2D eigenvalue weighted by atomic mass is 127. The summed E-state index contributed by atoms with van der Waals surface area (Å²) in [5.41, 5.74) is 5.34. The van der Waals surface area contributed by atoms with Gasteiger partial charge in [0, 0.05) is 31.0 Å². The molecule has 128 valence electrons. The minimum Gasteiger partial charge on any atom is -0.375 e. The van der Waals surface area contributed by atoms with Crippen molar-refractivity contribution < 1.29 is 9.13 Å². The molecule has 0 amide bonds. The van der Waals surface area contributed by atoms with Gasteiger partial charge in [0.2, 0.25) is 0 Å². The van der Waals surface area contributed by atoms with Crippen LogP contribution in [0.1, 0.15) is 25.3 Å². The lowest BCUT2D eigenvalue weighted by Crippen LogP contribution is -2.49. The molecule has 1 saturated heterocycles. The number of morpholine rings is 1. The SMILES string of the molecule is CC1CN(C(N)=NC2CC(F)(c3cccc(Cl)c3)C2)CCO1.I. The molecular weight excluding hydrogens is 432 g/mol. The summed E-state index contributed by atoms with van der Waals surface area (Å²) in [5.74, 6) is 0.494. The summed E-state index contributed by atoms with van der Waals surface area (Å²) in [6.45, 7) is 4.13. The molecule has 0 spiro atoms. The van der Waals surface area contributed by atoms with Crippen molar-refractivity contribution >= 4 is 41.5 Å². The summed E-state index contributed by atoms with van der Waals surface area (Å²) in [7, 11) is 0. The Kier molecular flexibility index (Phi) is 6.13. The van der Waals surface area contributed by atoms with Crippen molar-refractivity contribution in [1.82, 2.24) is 4.90 Å². The van der Waals surface area contributed by atoms with Crippen molar-refractivity contribution in [1.29, 1.82) is 0 Å². The van der Waals surface area contributed by atoms with Gasteiger partial charge in [0.05, 0.1) is 18.8 Å². The Bertz CT molecular complexity index is 580. The second-order valence-corrected chi connectivity index (χ2v) is 6.59. The van der Waals surface area contributed by atoms with Gasteiger partial charge in [-0.1, -0.05) is 23.7 Å². The quantitative estimate of drug-likeness (QED) is 0.425. The maximum Gasteiger partial charge on any atom is 0.191 e. The van der Waals surface area contributed by atoms with Crippen molar-refractivity contribution in [2.24, 2.45) is 10.7 Å². The van der Waals surface area contributed by atoms with Crippen LogP contribution in [0.4, 0.5) is 4.39 Å². The number of nitrogens with two attached hydrogens (primary N) is 1. The molecule has 0 radical (unpaired) electrons. The zero-order valence-electron chi connectivity index (χ0n) is 13.0. The molecule has 0 aromatic heterocycles. The molecule has 1 heterocycles. The van der Waals surface area contributed by atoms with E-state index in [0.717, 1.165) is 13.1 Å². The molecule has 2 aliphatic rings. The summed E-state index contributed by atoms with van der Waals surface area (Å²) in [4.78, 5) is 6.48. The molecule has 0 bridgehead atoms. The van der Waals surface area contributed by atoms with Crippen molar-refractivity contribution in [2.75, 3.05) is 19.7 Å². The first-order valence-corrected chi connectivity index (χ1v) is 7.99. The van der Waals surface area contributed by atoms with Gasteiger partial charge in [-0.05, 0) is 24.6 Å². The van der Waals surface area contributed by atoms with Crippen LogP contribution >= 0.6 is 35.6 Å². The van der Waals surface area contributed by atoms with E-state index in [2.05, 4.69) is 4.99 Å². The smallest absolute Gasteiger partial charge is 0.191 e. The van der Waals surface area contributed by atoms with E-state index in [4.69, 9.17) is 22.1 Å². The Hall–Kier alpha value is -0.600. The Labute approximate surface area is 158 Å². The summed E-state index contributed by atoms with van der Waals surface area (Å²) < 4.78 is 20.3. The molecule has 1 aliphatic carbocycles. The second-order valence-electron chi connectivity index (χ2n) is 6.15. The average molecular weight is 454 g/mol. The van der Waals surface area contributed by atoms with Gasteiger partial charge >= 0.3 is 0 Å². The lowest BCUT2D eigenvalue weighted by molar-refractivity contribution is 0.00413. The number of aliphatic imine (C=N–C) groups is 1. The van der Waals surface area contributed by atoms with E-state index in [0.29, 0.717) is 36.0 Å². The third-order valence-electron chi connectivity index (χ3n) is 4.34. The molecule has 2 N–H and O–H groups in total. The predicted molar refractivity (Wildman–Crippen MR) is 101 cm³/mol. The summed E-state index contributed by atoms with van der Waals surface area (Å²) in [5, 5.41) is 0.559. The van der Waals surface area contributed by atoms with Crippen molar-refractivity contribution in [2.45, 2.75) is 37.6 Å². The number of ether oxygens (including phenoxy) is 1. The summed E-state index contributed by atoms with van der Waals surface area (Å²) in [6, 6.07) is 6.93. The van der Waals surface area contributed by atoms with E-state index in [1.165, 1.54) is 0 Å². The van der Waals surface area contributed by atoms with Crippen LogP contribution in [0.3, 0.4) is 0 Å². The minimum absolute atomic E-state index is 0. The first-order chi connectivity index (χ1) is 10.5. The maximum atomic E-state index is 14.8. The van der Waals surface area contributed by atoms with Gasteiger partial charge in [0.25, 0.3) is 0 Å². The average Bonchev–Trinajstić information content (AvgIpc) is 2.45. The van der Waals surface area contributed by atoms with Crippen LogP contribution < -0.4 is 5.73 Å². The van der Waals surface area contributed by atoms with Crippen LogP contribution in [0.15, 0.2) is 29.3 Å². The minimum atomic E-state index is -1.34. The third kappa shape index (κ3) is 4.28. The molecule has 3 rings (SSSR count). The first-order valence-electron chi connectivity index (χ1n) is 7.61. The fraction of sp³-hybridized carbons (Fsp3) is 0.562. The summed E-state index contributed by atoms with van der Waals surface area (Å²) in [6.07, 6.45) is 0.859. The topological polar surface area (TPSA) is 50.8 Å². The number of guanidine groups is 1. The Morgan fingerprint density at radius 2 is 2.22 bits per heavy atom. The zero-order chi connectivity index (χ0) is 15.7. The lowest BCUT2D eigenvalue weighted by Gasteiger charge is -2.40. The highest BCUT2D eigenvalue weighted by Gasteiger charge is 2.46. The van der Waals surface area contributed by atoms with Crippen LogP contribution in [0, 0.1) is 0 Å². The lowest BCUT2D eigenvalue weighted by atomic mass is 9.73. The Morgan fingerprint density at radius 1 is 1.48 bits per heavy atom. The molecule has 7 heteroatoms. The normalized spacial score (nSPS) is 31.3. The molecule has 1 aromatic rings. The Morgan fingerprint density at radius 3 is 2.87 bits per heavy atom. The molecule has 1 aliphatic heterocycles. The van der Waals surface area contributed by atoms with Gasteiger partial charge in [0.15, 0.2) is 5.96 Å². The van der Waals surface area contributed by atoms with Crippen LogP contribution in [0.5, 0.6) is 0 Å². The van der Waals surface area contributed by atoms with E-state index in [1.54, 1.807) is 24.3 Å². The van der Waals surface area contributed by atoms with Crippen molar-refractivity contribution in [3.05, 3.63) is 34.9 Å². The summed E-state index contributed by atoms with van der Waals surface area (Å²) >= 11 is 5.94. The van der Waals surface area contributed by atoms with Crippen LogP contribution in [0.25, 0.3) is 0 Å². The standard InChI is InChI=1S/C16H21ClFN3O.HI/c1-11-10-21(5-6-22-11)15(19)20-14-8-16(18,9-14)12-3-2-4-13(17)7-12;/h2-4,7,11,14H,5-6,8-10H2,1H3,(H2,19,20);1H. The van der Waals surface area contributed by atoms with Gasteiger partial charge < -0.3 is 15.4 Å². The Balaban J connectivity index is 0.00000192. The molecule has 23 heavy (non-hydrogen) atoms. The second kappa shape index (κ2) is 7.53. The number of rotatable bonds is 2. The van der Waals surface area contributed by atoms with Crippen LogP contribution in [0.2, 0.25) is 5.02 Å². The van der Waals surface area contributed by atoms with E-state index >= 15 is 0 Å². The van der Waals surface area contributed by atoms with E-state index in [9.17, 15) is 4.39 Å². The number of hydrogen-bond acceptors (Lipinski definition) is 2. The molecule has 1 aromatic carbocycles. The number of halogens is 3. The van der Waals surface area contributed by atoms with Crippen LogP contribution in [-0.2, 0) is 10.4 Å². The highest BCUT2D eigenvalue weighted by Crippen LogP contribution is 2.47. The largest absolute Gasteiger partial charge is 0.375 e. The fourth-order valence-electron chi connectivity index (χ4n) is 3.08. The first kappa shape index (κ1) is 18.7. The highest BCUT2D eigenvalue weighted by molar-refractivity contribution is 14.0.